The number of nitrogens with zero attached hydrogens (tertiary/aromatic N) is 2. The zero-order valence-corrected chi connectivity index (χ0v) is 10.6. The van der Waals surface area contributed by atoms with Crippen LogP contribution in [0.2, 0.25) is 0 Å². The highest BCUT2D eigenvalue weighted by molar-refractivity contribution is 6.23. The standard InChI is InChI=1S/C14H11FN4O/c1-7(8-4-2-3-5-10(8)15)9-6-17-12-11(9)18-14(16)19-13(12)20/h2-6H,1H3,(H3,16,18,19,20). The van der Waals surface area contributed by atoms with Gasteiger partial charge in [0, 0.05) is 17.4 Å². The number of aromatic amines is 1. The lowest BCUT2D eigenvalue weighted by Crippen LogP contribution is -2.11. The van der Waals surface area contributed by atoms with E-state index in [1.807, 2.05) is 0 Å². The van der Waals surface area contributed by atoms with Gasteiger partial charge in [-0.25, -0.2) is 14.4 Å². The minimum Gasteiger partial charge on any atom is -0.369 e. The molecule has 20 heavy (non-hydrogen) atoms. The van der Waals surface area contributed by atoms with E-state index in [1.54, 1.807) is 25.1 Å². The van der Waals surface area contributed by atoms with Gasteiger partial charge in [0.25, 0.3) is 5.56 Å². The molecule has 1 aliphatic rings. The third-order valence-corrected chi connectivity index (χ3v) is 3.17. The highest BCUT2D eigenvalue weighted by Gasteiger charge is 2.21. The van der Waals surface area contributed by atoms with Gasteiger partial charge in [0.05, 0.1) is 0 Å². The molecule has 2 heterocycles. The van der Waals surface area contributed by atoms with Crippen LogP contribution in [0, 0.1) is 5.82 Å². The van der Waals surface area contributed by atoms with Gasteiger partial charge >= 0.3 is 0 Å². The van der Waals surface area contributed by atoms with Crippen molar-refractivity contribution in [3.8, 4) is 0 Å². The van der Waals surface area contributed by atoms with Crippen LogP contribution >= 0.6 is 0 Å². The normalized spacial score (nSPS) is 15.3. The van der Waals surface area contributed by atoms with Gasteiger partial charge in [0.1, 0.15) is 11.5 Å². The Balaban J connectivity index is 2.25. The summed E-state index contributed by atoms with van der Waals surface area (Å²) in [6.07, 6.45) is 1.51. The summed E-state index contributed by atoms with van der Waals surface area (Å²) >= 11 is 0. The highest BCUT2D eigenvalue weighted by atomic mass is 19.1. The number of aromatic nitrogens is 2. The predicted octanol–water partition coefficient (Wildman–Crippen LogP) is 2.14. The first-order valence-electron chi connectivity index (χ1n) is 5.98. The molecule has 5 nitrogen and oxygen atoms in total. The number of nitrogens with two attached hydrogens (primary N) is 1. The second kappa shape index (κ2) is 4.41. The van der Waals surface area contributed by atoms with E-state index in [2.05, 4.69) is 15.0 Å². The fraction of sp³-hybridized carbons (Fsp3) is 0.0714. The maximum absolute atomic E-state index is 13.8. The molecule has 1 aromatic carbocycles. The number of nitrogens with one attached hydrogen (secondary N) is 1. The van der Waals surface area contributed by atoms with Crippen molar-refractivity contribution < 1.29 is 4.39 Å². The van der Waals surface area contributed by atoms with Crippen LogP contribution in [-0.2, 0) is 0 Å². The summed E-state index contributed by atoms with van der Waals surface area (Å²) in [6, 6.07) is 6.41. The van der Waals surface area contributed by atoms with Crippen LogP contribution in [0.3, 0.4) is 0 Å². The van der Waals surface area contributed by atoms with Crippen molar-refractivity contribution >= 4 is 29.0 Å². The summed E-state index contributed by atoms with van der Waals surface area (Å²) in [7, 11) is 0. The van der Waals surface area contributed by atoms with E-state index in [0.29, 0.717) is 22.4 Å². The van der Waals surface area contributed by atoms with Crippen molar-refractivity contribution in [1.82, 2.24) is 9.97 Å². The summed E-state index contributed by atoms with van der Waals surface area (Å²) in [5, 5.41) is 0. The Kier molecular flexibility index (Phi) is 2.71. The number of rotatable bonds is 1. The molecule has 0 unspecified atom stereocenters. The predicted molar refractivity (Wildman–Crippen MR) is 76.3 cm³/mol. The van der Waals surface area contributed by atoms with Gasteiger partial charge in [0.15, 0.2) is 5.69 Å². The molecule has 0 spiro atoms. The number of halogens is 1. The van der Waals surface area contributed by atoms with E-state index in [0.717, 1.165) is 0 Å². The van der Waals surface area contributed by atoms with Crippen LogP contribution in [0.5, 0.6) is 0 Å². The molecule has 0 saturated carbocycles. The summed E-state index contributed by atoms with van der Waals surface area (Å²) in [4.78, 5) is 22.2. The molecule has 0 saturated heterocycles. The molecule has 0 radical (unpaired) electrons. The second-order valence-electron chi connectivity index (χ2n) is 4.43. The Morgan fingerprint density at radius 2 is 2.10 bits per heavy atom. The highest BCUT2D eigenvalue weighted by Crippen LogP contribution is 2.33. The topological polar surface area (TPSA) is 84.1 Å². The maximum Gasteiger partial charge on any atom is 0.278 e. The Hall–Kier alpha value is -2.76. The van der Waals surface area contributed by atoms with Gasteiger partial charge in [-0.2, -0.15) is 0 Å². The molecular formula is C14H11FN4O. The summed E-state index contributed by atoms with van der Waals surface area (Å²) < 4.78 is 13.8. The van der Waals surface area contributed by atoms with Gasteiger partial charge in [0.2, 0.25) is 5.95 Å². The van der Waals surface area contributed by atoms with Gasteiger partial charge in [-0.05, 0) is 18.6 Å². The molecule has 1 aliphatic heterocycles. The van der Waals surface area contributed by atoms with Crippen LogP contribution in [-0.4, -0.2) is 16.2 Å². The summed E-state index contributed by atoms with van der Waals surface area (Å²) in [5.41, 5.74) is 7.42. The van der Waals surface area contributed by atoms with Crippen molar-refractivity contribution in [3.05, 3.63) is 51.7 Å². The van der Waals surface area contributed by atoms with E-state index >= 15 is 0 Å². The molecule has 100 valence electrons. The van der Waals surface area contributed by atoms with Crippen LogP contribution in [0.4, 0.5) is 16.0 Å². The molecule has 3 N–H and O–H groups in total. The van der Waals surface area contributed by atoms with E-state index in [-0.39, 0.29) is 17.5 Å². The Labute approximate surface area is 113 Å². The molecule has 0 fully saturated rings. The molecule has 3 rings (SSSR count). The quantitative estimate of drug-likeness (QED) is 0.832. The molecular weight excluding hydrogens is 259 g/mol. The van der Waals surface area contributed by atoms with Crippen molar-refractivity contribution in [2.45, 2.75) is 6.92 Å². The van der Waals surface area contributed by atoms with Crippen molar-refractivity contribution in [2.75, 3.05) is 5.73 Å². The summed E-state index contributed by atoms with van der Waals surface area (Å²) in [6.45, 7) is 1.76. The smallest absolute Gasteiger partial charge is 0.278 e. The minimum absolute atomic E-state index is 0.0121. The number of hydrogen-bond donors (Lipinski definition) is 2. The van der Waals surface area contributed by atoms with Crippen LogP contribution in [0.25, 0.3) is 11.1 Å². The average Bonchev–Trinajstić information content (AvgIpc) is 2.82. The minimum atomic E-state index is -0.403. The number of hydrogen-bond acceptors (Lipinski definition) is 4. The molecule has 2 aromatic rings. The first kappa shape index (κ1) is 12.3. The van der Waals surface area contributed by atoms with E-state index in [4.69, 9.17) is 5.73 Å². The molecule has 1 aromatic heterocycles. The lowest BCUT2D eigenvalue weighted by atomic mass is 10.00. The van der Waals surface area contributed by atoms with Gasteiger partial charge in [-0.3, -0.25) is 9.78 Å². The molecule has 6 heteroatoms. The average molecular weight is 270 g/mol. The second-order valence-corrected chi connectivity index (χ2v) is 4.43. The van der Waals surface area contributed by atoms with E-state index < -0.39 is 5.56 Å². The number of fused-ring (bicyclic) bond motifs is 1. The van der Waals surface area contributed by atoms with Crippen LogP contribution < -0.4 is 11.3 Å². The largest absolute Gasteiger partial charge is 0.369 e. The Morgan fingerprint density at radius 3 is 2.85 bits per heavy atom. The molecule has 0 aliphatic carbocycles. The SMILES string of the molecule is CC(=C1C=Nc2c1nc(N)[nH]c2=O)c1ccccc1F. The third-order valence-electron chi connectivity index (χ3n) is 3.17. The molecule has 0 amide bonds. The van der Waals surface area contributed by atoms with Gasteiger partial charge in [-0.15, -0.1) is 0 Å². The van der Waals surface area contributed by atoms with E-state index in [9.17, 15) is 9.18 Å². The summed E-state index contributed by atoms with van der Waals surface area (Å²) in [5.74, 6) is -0.324. The van der Waals surface area contributed by atoms with Crippen LogP contribution in [0.15, 0.2) is 34.1 Å². The number of H-pyrrole nitrogens is 1. The number of nitrogen functional groups attached to an aromatic ring is 1. The van der Waals surface area contributed by atoms with Crippen LogP contribution in [0.1, 0.15) is 18.2 Å². The Morgan fingerprint density at radius 1 is 1.35 bits per heavy atom. The number of allylic oxidation sites excluding steroid dienone is 2. The number of anilines is 1. The van der Waals surface area contributed by atoms with Crippen molar-refractivity contribution in [1.29, 1.82) is 0 Å². The Bertz CT molecular complexity index is 820. The first-order valence-corrected chi connectivity index (χ1v) is 5.98. The van der Waals surface area contributed by atoms with Crippen molar-refractivity contribution in [2.24, 2.45) is 4.99 Å². The van der Waals surface area contributed by atoms with Gasteiger partial charge < -0.3 is 5.73 Å². The zero-order valence-electron chi connectivity index (χ0n) is 10.6. The van der Waals surface area contributed by atoms with Gasteiger partial charge in [-0.1, -0.05) is 18.2 Å². The fourth-order valence-corrected chi connectivity index (χ4v) is 2.17. The maximum atomic E-state index is 13.8. The third kappa shape index (κ3) is 1.82. The van der Waals surface area contributed by atoms with Crippen molar-refractivity contribution in [3.63, 3.8) is 0 Å². The van der Waals surface area contributed by atoms with E-state index in [1.165, 1.54) is 12.3 Å². The first-order chi connectivity index (χ1) is 9.58. The lowest BCUT2D eigenvalue weighted by molar-refractivity contribution is 0.624. The fourth-order valence-electron chi connectivity index (χ4n) is 2.17. The lowest BCUT2D eigenvalue weighted by Gasteiger charge is -2.07. The molecule has 0 bridgehead atoms. The zero-order chi connectivity index (χ0) is 14.3. The monoisotopic (exact) mass is 270 g/mol. The number of benzene rings is 1. The molecule has 0 atom stereocenters. The number of aliphatic imine (C=N–C) groups is 1.